The molecule has 1 unspecified atom stereocenters. The third-order valence-electron chi connectivity index (χ3n) is 5.03. The van der Waals surface area contributed by atoms with Crippen LogP contribution in [0.3, 0.4) is 0 Å². The fourth-order valence-electron chi connectivity index (χ4n) is 3.23. The highest BCUT2D eigenvalue weighted by molar-refractivity contribution is 7.91. The van der Waals surface area contributed by atoms with Gasteiger partial charge in [-0.3, -0.25) is 4.79 Å². The van der Waals surface area contributed by atoms with Gasteiger partial charge in [0.2, 0.25) is 5.91 Å². The maximum absolute atomic E-state index is 12.7. The number of sulfone groups is 1. The van der Waals surface area contributed by atoms with Gasteiger partial charge in [0.25, 0.3) is 0 Å². The van der Waals surface area contributed by atoms with Gasteiger partial charge in [0, 0.05) is 12.6 Å². The third kappa shape index (κ3) is 6.88. The highest BCUT2D eigenvalue weighted by Crippen LogP contribution is 2.25. The van der Waals surface area contributed by atoms with Crippen LogP contribution in [0.1, 0.15) is 32.3 Å². The van der Waals surface area contributed by atoms with Gasteiger partial charge in [-0.15, -0.1) is 0 Å². The number of hydrogen-bond acceptors (Lipinski definition) is 5. The zero-order chi connectivity index (χ0) is 21.8. The van der Waals surface area contributed by atoms with Crippen LogP contribution in [-0.4, -0.2) is 51.5 Å². The number of amides is 1. The number of halogens is 3. The first-order chi connectivity index (χ1) is 13.4. The van der Waals surface area contributed by atoms with Crippen molar-refractivity contribution in [1.82, 2.24) is 10.6 Å². The molecule has 1 aromatic carbocycles. The Kier molecular flexibility index (Phi) is 7.56. The minimum Gasteiger partial charge on any atom is -0.497 e. The first-order valence-electron chi connectivity index (χ1n) is 9.36. The Labute approximate surface area is 169 Å². The molecule has 0 aromatic heterocycles. The van der Waals surface area contributed by atoms with Gasteiger partial charge in [-0.1, -0.05) is 26.0 Å². The third-order valence-corrected chi connectivity index (χ3v) is 7.14. The molecule has 164 valence electrons. The number of ether oxygens (including phenoxy) is 1. The minimum absolute atomic E-state index is 0.0289. The molecule has 1 aliphatic heterocycles. The Bertz CT molecular complexity index is 795. The Balaban J connectivity index is 1.97. The van der Waals surface area contributed by atoms with Crippen LogP contribution >= 0.6 is 0 Å². The van der Waals surface area contributed by atoms with Gasteiger partial charge in [-0.05, 0) is 30.0 Å². The minimum atomic E-state index is -4.39. The summed E-state index contributed by atoms with van der Waals surface area (Å²) in [5.41, 5.74) is 0.601. The lowest BCUT2D eigenvalue weighted by molar-refractivity contribution is -0.145. The molecular formula is C19H27F3N2O4S. The molecule has 6 nitrogen and oxygen atoms in total. The van der Waals surface area contributed by atoms with E-state index < -0.39 is 51.6 Å². The standard InChI is InChI=1S/C19H27F3N2O4S/c1-12(2)17(9-19(20,21)22)24-18(25)16-8-15(10-23-16)29(26,27)11-13-4-6-14(28-3)7-5-13/h4-7,12,15-17,23H,8-11H2,1-3H3,(H,24,25)/t15-,16?,17-/m1/s1. The summed E-state index contributed by atoms with van der Waals surface area (Å²) in [6.45, 7) is 3.28. The number of benzene rings is 1. The summed E-state index contributed by atoms with van der Waals surface area (Å²) in [6, 6.07) is 4.77. The fraction of sp³-hybridized carbons (Fsp3) is 0.632. The number of alkyl halides is 3. The zero-order valence-electron chi connectivity index (χ0n) is 16.6. The molecule has 3 atom stereocenters. The molecule has 1 aliphatic rings. The maximum Gasteiger partial charge on any atom is 0.391 e. The van der Waals surface area contributed by atoms with Crippen molar-refractivity contribution in [1.29, 1.82) is 0 Å². The normalized spacial score (nSPS) is 21.2. The molecule has 1 saturated heterocycles. The molecular weight excluding hydrogens is 409 g/mol. The number of nitrogens with one attached hydrogen (secondary N) is 2. The number of carbonyl (C=O) groups is 1. The molecule has 10 heteroatoms. The van der Waals surface area contributed by atoms with Crippen LogP contribution in [0, 0.1) is 5.92 Å². The second kappa shape index (κ2) is 9.34. The van der Waals surface area contributed by atoms with Crippen molar-refractivity contribution in [3.05, 3.63) is 29.8 Å². The van der Waals surface area contributed by atoms with Crippen LogP contribution in [0.15, 0.2) is 24.3 Å². The molecule has 2 N–H and O–H groups in total. The largest absolute Gasteiger partial charge is 0.497 e. The molecule has 0 bridgehead atoms. The van der Waals surface area contributed by atoms with Crippen molar-refractivity contribution in [2.24, 2.45) is 5.92 Å². The lowest BCUT2D eigenvalue weighted by atomic mass is 10.00. The molecule has 0 saturated carbocycles. The molecule has 0 spiro atoms. The van der Waals surface area contributed by atoms with Crippen LogP contribution in [-0.2, 0) is 20.4 Å². The van der Waals surface area contributed by atoms with Gasteiger partial charge in [0.15, 0.2) is 9.84 Å². The van der Waals surface area contributed by atoms with E-state index in [9.17, 15) is 26.4 Å². The Morgan fingerprint density at radius 2 is 1.90 bits per heavy atom. The van der Waals surface area contributed by atoms with Crippen molar-refractivity contribution in [3.8, 4) is 5.75 Å². The molecule has 1 heterocycles. The predicted octanol–water partition coefficient (Wildman–Crippen LogP) is 2.43. The quantitative estimate of drug-likeness (QED) is 0.654. The van der Waals surface area contributed by atoms with E-state index in [4.69, 9.17) is 4.74 Å². The van der Waals surface area contributed by atoms with Gasteiger partial charge in [0.05, 0.1) is 30.6 Å². The highest BCUT2D eigenvalue weighted by atomic mass is 32.2. The van der Waals surface area contributed by atoms with E-state index in [0.717, 1.165) is 0 Å². The monoisotopic (exact) mass is 436 g/mol. The van der Waals surface area contributed by atoms with Gasteiger partial charge < -0.3 is 15.4 Å². The van der Waals surface area contributed by atoms with Crippen LogP contribution in [0.4, 0.5) is 13.2 Å². The molecule has 29 heavy (non-hydrogen) atoms. The summed E-state index contributed by atoms with van der Waals surface area (Å²) >= 11 is 0. The highest BCUT2D eigenvalue weighted by Gasteiger charge is 2.39. The lowest BCUT2D eigenvalue weighted by Gasteiger charge is -2.25. The smallest absolute Gasteiger partial charge is 0.391 e. The summed E-state index contributed by atoms with van der Waals surface area (Å²) in [4.78, 5) is 12.4. The summed E-state index contributed by atoms with van der Waals surface area (Å²) in [5.74, 6) is -0.573. The summed E-state index contributed by atoms with van der Waals surface area (Å²) in [5, 5.41) is 4.47. The summed E-state index contributed by atoms with van der Waals surface area (Å²) < 4.78 is 68.6. The predicted molar refractivity (Wildman–Crippen MR) is 103 cm³/mol. The molecule has 0 radical (unpaired) electrons. The van der Waals surface area contributed by atoms with Crippen molar-refractivity contribution in [3.63, 3.8) is 0 Å². The first kappa shape index (κ1) is 23.5. The Morgan fingerprint density at radius 3 is 2.41 bits per heavy atom. The van der Waals surface area contributed by atoms with Crippen LogP contribution in [0.25, 0.3) is 0 Å². The fourth-order valence-corrected chi connectivity index (χ4v) is 4.96. The average Bonchev–Trinajstić information content (AvgIpc) is 3.11. The lowest BCUT2D eigenvalue weighted by Crippen LogP contribution is -2.48. The van der Waals surface area contributed by atoms with Gasteiger partial charge >= 0.3 is 6.18 Å². The van der Waals surface area contributed by atoms with Crippen molar-refractivity contribution in [2.45, 2.75) is 56.0 Å². The Morgan fingerprint density at radius 1 is 1.28 bits per heavy atom. The van der Waals surface area contributed by atoms with Crippen molar-refractivity contribution >= 4 is 15.7 Å². The molecule has 0 aliphatic carbocycles. The van der Waals surface area contributed by atoms with E-state index in [1.807, 2.05) is 0 Å². The number of carbonyl (C=O) groups excluding carboxylic acids is 1. The van der Waals surface area contributed by atoms with Gasteiger partial charge in [0.1, 0.15) is 5.75 Å². The van der Waals surface area contributed by atoms with Crippen molar-refractivity contribution < 1.29 is 31.1 Å². The molecule has 2 rings (SSSR count). The van der Waals surface area contributed by atoms with E-state index in [-0.39, 0.29) is 18.7 Å². The first-order valence-corrected chi connectivity index (χ1v) is 11.1. The molecule has 1 amide bonds. The number of rotatable bonds is 8. The topological polar surface area (TPSA) is 84.5 Å². The van der Waals surface area contributed by atoms with E-state index in [1.54, 1.807) is 38.1 Å². The molecule has 1 fully saturated rings. The SMILES string of the molecule is COc1ccc(CS(=O)(=O)[C@H]2CNC(C(=O)N[C@H](CC(F)(F)F)C(C)C)C2)cc1. The molecule has 1 aromatic rings. The van der Waals surface area contributed by atoms with Crippen molar-refractivity contribution in [2.75, 3.05) is 13.7 Å². The van der Waals surface area contributed by atoms with E-state index in [1.165, 1.54) is 7.11 Å². The van der Waals surface area contributed by atoms with Crippen LogP contribution < -0.4 is 15.4 Å². The van der Waals surface area contributed by atoms with Gasteiger partial charge in [-0.25, -0.2) is 8.42 Å². The van der Waals surface area contributed by atoms with Crippen LogP contribution in [0.5, 0.6) is 5.75 Å². The number of hydrogen-bond donors (Lipinski definition) is 2. The summed E-state index contributed by atoms with van der Waals surface area (Å²) in [6.07, 6.45) is -5.49. The number of methoxy groups -OCH3 is 1. The average molecular weight is 436 g/mol. The second-order valence-electron chi connectivity index (χ2n) is 7.65. The maximum atomic E-state index is 12.7. The van der Waals surface area contributed by atoms with Crippen LogP contribution in [0.2, 0.25) is 0 Å². The van der Waals surface area contributed by atoms with E-state index in [0.29, 0.717) is 11.3 Å². The Hall–Kier alpha value is -1.81. The zero-order valence-corrected chi connectivity index (χ0v) is 17.4. The second-order valence-corrected chi connectivity index (χ2v) is 9.93. The van der Waals surface area contributed by atoms with E-state index >= 15 is 0 Å². The summed E-state index contributed by atoms with van der Waals surface area (Å²) in [7, 11) is -2.02. The van der Waals surface area contributed by atoms with Gasteiger partial charge in [-0.2, -0.15) is 13.2 Å². The van der Waals surface area contributed by atoms with E-state index in [2.05, 4.69) is 10.6 Å².